The van der Waals surface area contributed by atoms with Gasteiger partial charge in [-0.1, -0.05) is 18.2 Å². The molecule has 0 amide bonds. The Labute approximate surface area is 208 Å². The Balaban J connectivity index is 2.08. The molecule has 0 aliphatic carbocycles. The van der Waals surface area contributed by atoms with E-state index in [1.54, 1.807) is 0 Å². The second-order valence-corrected chi connectivity index (χ2v) is 7.95. The summed E-state index contributed by atoms with van der Waals surface area (Å²) in [5.74, 6) is 0. The number of hydrogen-bond acceptors (Lipinski definition) is 7. The molecule has 0 saturated carbocycles. The van der Waals surface area contributed by atoms with Gasteiger partial charge < -0.3 is 9.47 Å². The summed E-state index contributed by atoms with van der Waals surface area (Å²) < 4.78 is 53.0. The van der Waals surface area contributed by atoms with Gasteiger partial charge in [0.05, 0.1) is 23.2 Å². The van der Waals surface area contributed by atoms with E-state index in [9.17, 15) is 32.9 Å². The van der Waals surface area contributed by atoms with Crippen LogP contribution in [0.25, 0.3) is 12.2 Å². The zero-order valence-electron chi connectivity index (χ0n) is 20.3. The average molecular weight is 523 g/mol. The monoisotopic (exact) mass is 523 g/mol. The maximum absolute atomic E-state index is 13.3. The molecule has 2 atom stereocenters. The van der Waals surface area contributed by atoms with Crippen molar-refractivity contribution in [3.63, 3.8) is 0 Å². The lowest BCUT2D eigenvalue weighted by Crippen LogP contribution is -2.45. The van der Waals surface area contributed by atoms with E-state index >= 15 is 0 Å². The minimum atomic E-state index is -4.53. The molecule has 0 aliphatic heterocycles. The fourth-order valence-electron chi connectivity index (χ4n) is 3.69. The summed E-state index contributed by atoms with van der Waals surface area (Å²) in [6.07, 6.45) is -1.34. The van der Waals surface area contributed by atoms with E-state index < -0.39 is 46.1 Å². The predicted octanol–water partition coefficient (Wildman–Crippen LogP) is 3.68. The summed E-state index contributed by atoms with van der Waals surface area (Å²) in [4.78, 5) is 37.0. The average Bonchev–Trinajstić information content (AvgIpc) is 3.28. The number of halogens is 3. The van der Waals surface area contributed by atoms with Gasteiger partial charge in [-0.2, -0.15) is 18.3 Å². The third-order valence-electron chi connectivity index (χ3n) is 5.67. The molecule has 3 aromatic rings. The van der Waals surface area contributed by atoms with E-state index in [1.165, 1.54) is 75.5 Å². The minimum Gasteiger partial charge on any atom is -0.361 e. The van der Waals surface area contributed by atoms with Crippen LogP contribution in [0.3, 0.4) is 0 Å². The summed E-state index contributed by atoms with van der Waals surface area (Å²) >= 11 is 0. The van der Waals surface area contributed by atoms with Gasteiger partial charge in [-0.25, -0.2) is 9.36 Å². The van der Waals surface area contributed by atoms with Gasteiger partial charge in [0.15, 0.2) is 0 Å². The molecule has 2 aromatic heterocycles. The van der Waals surface area contributed by atoms with Gasteiger partial charge in [-0.3, -0.25) is 24.2 Å². The van der Waals surface area contributed by atoms with Crippen molar-refractivity contribution < 1.29 is 27.6 Å². The molecule has 37 heavy (non-hydrogen) atoms. The summed E-state index contributed by atoms with van der Waals surface area (Å²) in [5.41, 5.74) is -3.69. The molecule has 0 fully saturated rings. The lowest BCUT2D eigenvalue weighted by molar-refractivity contribution is -0.387. The van der Waals surface area contributed by atoms with Crippen molar-refractivity contribution in [2.45, 2.75) is 39.0 Å². The fourth-order valence-corrected chi connectivity index (χ4v) is 3.69. The number of aromatic nitrogens is 4. The number of benzene rings is 1. The summed E-state index contributed by atoms with van der Waals surface area (Å²) in [6.45, 7) is 2.67. The molecular weight excluding hydrogens is 499 g/mol. The topological polar surface area (TPSA) is 123 Å². The first-order valence-corrected chi connectivity index (χ1v) is 10.9. The van der Waals surface area contributed by atoms with Gasteiger partial charge in [-0.15, -0.1) is 0 Å². The van der Waals surface area contributed by atoms with Crippen LogP contribution < -0.4 is 11.2 Å². The van der Waals surface area contributed by atoms with Crippen LogP contribution in [-0.2, 0) is 22.2 Å². The Morgan fingerprint density at radius 2 is 1.70 bits per heavy atom. The normalized spacial score (nSPS) is 13.7. The third kappa shape index (κ3) is 5.70. The SMILES string of the molecule is COC(C)n1c(C=Cc2cnn(Cc3ccccc3C(F)(F)F)c2)c([N+](=O)[O-])c(=O)n(C(C)OC)c1=O. The zero-order chi connectivity index (χ0) is 27.5. The molecule has 0 N–H and O–H groups in total. The summed E-state index contributed by atoms with van der Waals surface area (Å²) in [6, 6.07) is 5.08. The van der Waals surface area contributed by atoms with Crippen LogP contribution in [0.4, 0.5) is 18.9 Å². The molecule has 11 nitrogen and oxygen atoms in total. The summed E-state index contributed by atoms with van der Waals surface area (Å²) in [7, 11) is 2.53. The lowest BCUT2D eigenvalue weighted by Gasteiger charge is -2.20. The Kier molecular flexibility index (Phi) is 8.13. The van der Waals surface area contributed by atoms with Crippen molar-refractivity contribution in [2.24, 2.45) is 0 Å². The quantitative estimate of drug-likeness (QED) is 0.310. The molecule has 0 saturated heterocycles. The highest BCUT2D eigenvalue weighted by molar-refractivity contribution is 5.71. The smallest absolute Gasteiger partial charge is 0.361 e. The Hall–Kier alpha value is -4.04. The van der Waals surface area contributed by atoms with Crippen LogP contribution in [0, 0.1) is 10.1 Å². The van der Waals surface area contributed by atoms with E-state index in [0.717, 1.165) is 10.6 Å². The number of rotatable bonds is 9. The van der Waals surface area contributed by atoms with Gasteiger partial charge in [0, 0.05) is 26.0 Å². The largest absolute Gasteiger partial charge is 0.416 e. The number of hydrogen-bond donors (Lipinski definition) is 0. The van der Waals surface area contributed by atoms with Crippen molar-refractivity contribution in [2.75, 3.05) is 14.2 Å². The molecule has 0 spiro atoms. The molecule has 198 valence electrons. The lowest BCUT2D eigenvalue weighted by atomic mass is 10.1. The molecule has 0 aliphatic rings. The Bertz CT molecular complexity index is 1440. The molecule has 2 unspecified atom stereocenters. The number of alkyl halides is 3. The van der Waals surface area contributed by atoms with Crippen LogP contribution in [0.15, 0.2) is 46.2 Å². The highest BCUT2D eigenvalue weighted by atomic mass is 19.4. The van der Waals surface area contributed by atoms with Crippen molar-refractivity contribution in [1.29, 1.82) is 0 Å². The highest BCUT2D eigenvalue weighted by Gasteiger charge is 2.33. The first-order valence-electron chi connectivity index (χ1n) is 10.9. The fraction of sp³-hybridized carbons (Fsp3) is 0.348. The van der Waals surface area contributed by atoms with E-state index in [-0.39, 0.29) is 17.8 Å². The number of ether oxygens (including phenoxy) is 2. The van der Waals surface area contributed by atoms with Gasteiger partial charge >= 0.3 is 23.1 Å². The molecule has 14 heteroatoms. The number of nitrogens with zero attached hydrogens (tertiary/aromatic N) is 5. The number of nitro groups is 1. The Morgan fingerprint density at radius 3 is 2.30 bits per heavy atom. The second kappa shape index (κ2) is 10.9. The van der Waals surface area contributed by atoms with Gasteiger partial charge in [-0.05, 0) is 37.6 Å². The molecule has 2 heterocycles. The maximum Gasteiger partial charge on any atom is 0.416 e. The van der Waals surface area contributed by atoms with Crippen molar-refractivity contribution in [1.82, 2.24) is 18.9 Å². The van der Waals surface area contributed by atoms with E-state index in [0.29, 0.717) is 10.1 Å². The second-order valence-electron chi connectivity index (χ2n) is 7.95. The molecule has 0 bridgehead atoms. The number of methoxy groups -OCH3 is 2. The standard InChI is InChI=1S/C23H24F3N5O6/c1-14(36-3)29-19(20(31(34)35)21(32)30(22(29)33)15(2)37-4)10-9-16-11-27-28(12-16)13-17-7-5-6-8-18(17)23(24,25)26/h5-12,14-15H,13H2,1-4H3. The molecular formula is C23H24F3N5O6. The summed E-state index contributed by atoms with van der Waals surface area (Å²) in [5, 5.41) is 15.9. The first kappa shape index (κ1) is 27.5. The third-order valence-corrected chi connectivity index (χ3v) is 5.67. The van der Waals surface area contributed by atoms with Gasteiger partial charge in [0.1, 0.15) is 18.1 Å². The van der Waals surface area contributed by atoms with Crippen LogP contribution in [0.5, 0.6) is 0 Å². The van der Waals surface area contributed by atoms with E-state index in [2.05, 4.69) is 5.10 Å². The van der Waals surface area contributed by atoms with Crippen LogP contribution in [0.1, 0.15) is 48.7 Å². The van der Waals surface area contributed by atoms with Crippen molar-refractivity contribution in [3.05, 3.63) is 90.0 Å². The van der Waals surface area contributed by atoms with Crippen LogP contribution >= 0.6 is 0 Å². The van der Waals surface area contributed by atoms with Crippen molar-refractivity contribution in [3.8, 4) is 0 Å². The molecule has 1 aromatic carbocycles. The zero-order valence-corrected chi connectivity index (χ0v) is 20.3. The van der Waals surface area contributed by atoms with Gasteiger partial charge in [0.2, 0.25) is 0 Å². The van der Waals surface area contributed by atoms with Crippen LogP contribution in [0.2, 0.25) is 0 Å². The van der Waals surface area contributed by atoms with Crippen molar-refractivity contribution >= 4 is 17.8 Å². The highest BCUT2D eigenvalue weighted by Crippen LogP contribution is 2.32. The minimum absolute atomic E-state index is 0.00268. The van der Waals surface area contributed by atoms with E-state index in [1.807, 2.05) is 0 Å². The predicted molar refractivity (Wildman–Crippen MR) is 127 cm³/mol. The van der Waals surface area contributed by atoms with Gasteiger partial charge in [0.25, 0.3) is 0 Å². The maximum atomic E-state index is 13.3. The van der Waals surface area contributed by atoms with Crippen LogP contribution in [-0.4, -0.2) is 38.1 Å². The molecule has 3 rings (SSSR count). The first-order chi connectivity index (χ1) is 17.4. The molecule has 0 radical (unpaired) electrons. The Morgan fingerprint density at radius 1 is 1.08 bits per heavy atom. The van der Waals surface area contributed by atoms with E-state index in [4.69, 9.17) is 9.47 Å².